The number of carbonyl (C=O) groups is 2. The molecule has 0 saturated heterocycles. The fraction of sp³-hybridized carbons (Fsp3) is 0.351. The average molecular weight is 567 g/mol. The molecular weight excluding hydrogens is 523 g/mol. The van der Waals surface area contributed by atoms with E-state index in [1.165, 1.54) is 28.5 Å². The summed E-state index contributed by atoms with van der Waals surface area (Å²) in [5.41, 5.74) is 6.97. The van der Waals surface area contributed by atoms with Gasteiger partial charge < -0.3 is 4.42 Å². The van der Waals surface area contributed by atoms with Crippen molar-refractivity contribution >= 4 is 20.8 Å². The zero-order valence-electron chi connectivity index (χ0n) is 24.6. The normalized spacial score (nSPS) is 13.5. The molecule has 4 heteroatoms. The summed E-state index contributed by atoms with van der Waals surface area (Å²) in [4.78, 5) is 26.8. The second-order valence-electron chi connectivity index (χ2n) is 11.3. The van der Waals surface area contributed by atoms with Crippen LogP contribution >= 0.6 is 9.24 Å². The first-order valence-electron chi connectivity index (χ1n) is 15.0. The molecule has 0 N–H and O–H groups in total. The Hall–Kier alpha value is -3.29. The molecule has 0 saturated carbocycles. The lowest BCUT2D eigenvalue weighted by Crippen LogP contribution is -2.15. The van der Waals surface area contributed by atoms with E-state index in [2.05, 4.69) is 65.6 Å². The SMILES string of the molecule is CCCC(CCCc1ccccc1C)c1ccc(C(=O)C(C)CC(P)c2ccccc2)cc1CC(=O)c1ccco1. The van der Waals surface area contributed by atoms with E-state index in [1.54, 1.807) is 12.1 Å². The van der Waals surface area contributed by atoms with E-state index in [0.717, 1.165) is 44.1 Å². The van der Waals surface area contributed by atoms with Gasteiger partial charge in [0.25, 0.3) is 0 Å². The monoisotopic (exact) mass is 566 g/mol. The number of carbonyl (C=O) groups excluding carboxylic acids is 2. The Morgan fingerprint density at radius 2 is 1.63 bits per heavy atom. The largest absolute Gasteiger partial charge is 0.461 e. The third kappa shape index (κ3) is 8.37. The predicted octanol–water partition coefficient (Wildman–Crippen LogP) is 9.75. The van der Waals surface area contributed by atoms with E-state index in [9.17, 15) is 9.59 Å². The molecule has 4 aromatic rings. The molecule has 3 nitrogen and oxygen atoms in total. The summed E-state index contributed by atoms with van der Waals surface area (Å²) in [6.45, 7) is 6.40. The van der Waals surface area contributed by atoms with Crippen LogP contribution in [0.5, 0.6) is 0 Å². The first kappa shape index (κ1) is 30.7. The van der Waals surface area contributed by atoms with E-state index in [4.69, 9.17) is 4.42 Å². The molecule has 0 aliphatic carbocycles. The summed E-state index contributed by atoms with van der Waals surface area (Å²) in [5.74, 6) is 0.620. The molecule has 1 aromatic heterocycles. The van der Waals surface area contributed by atoms with E-state index in [0.29, 0.717) is 17.2 Å². The maximum atomic E-state index is 13.6. The first-order chi connectivity index (χ1) is 19.9. The Balaban J connectivity index is 1.56. The minimum atomic E-state index is -0.141. The second-order valence-corrected chi connectivity index (χ2v) is 12.1. The van der Waals surface area contributed by atoms with Crippen molar-refractivity contribution in [2.75, 3.05) is 0 Å². The Morgan fingerprint density at radius 3 is 2.34 bits per heavy atom. The lowest BCUT2D eigenvalue weighted by Gasteiger charge is -2.22. The van der Waals surface area contributed by atoms with Crippen LogP contribution in [0.3, 0.4) is 0 Å². The summed E-state index contributed by atoms with van der Waals surface area (Å²) >= 11 is 0. The predicted molar refractivity (Wildman–Crippen MR) is 172 cm³/mol. The van der Waals surface area contributed by atoms with Gasteiger partial charge in [-0.15, -0.1) is 9.24 Å². The van der Waals surface area contributed by atoms with Gasteiger partial charge in [0.2, 0.25) is 5.78 Å². The molecule has 41 heavy (non-hydrogen) atoms. The van der Waals surface area contributed by atoms with Crippen LogP contribution in [-0.4, -0.2) is 11.6 Å². The molecule has 4 atom stereocenters. The summed E-state index contributed by atoms with van der Waals surface area (Å²) < 4.78 is 5.42. The zero-order chi connectivity index (χ0) is 29.2. The quantitative estimate of drug-likeness (QED) is 0.106. The number of aryl methyl sites for hydroxylation is 2. The molecule has 0 fully saturated rings. The van der Waals surface area contributed by atoms with Crippen LogP contribution in [0.25, 0.3) is 0 Å². The standard InChI is InChI=1S/C37H43O3P/c1-4-12-29(18-10-17-28-14-9-8-13-26(28)2)33-21-20-31(24-32(33)25-34(38)35-19-11-22-40-35)37(39)27(3)23-36(41)30-15-6-5-7-16-30/h5-9,11,13-16,19-22,24,27,29,36H,4,10,12,17-18,23,25,41H2,1-3H3. The summed E-state index contributed by atoms with van der Waals surface area (Å²) in [6.07, 6.45) is 7.78. The first-order valence-corrected chi connectivity index (χ1v) is 15.6. The molecule has 0 aliphatic heterocycles. The number of benzene rings is 3. The van der Waals surface area contributed by atoms with E-state index >= 15 is 0 Å². The van der Waals surface area contributed by atoms with Crippen LogP contribution in [0, 0.1) is 12.8 Å². The third-order valence-electron chi connectivity index (χ3n) is 8.19. The van der Waals surface area contributed by atoms with Crippen LogP contribution in [0.15, 0.2) is 95.6 Å². The van der Waals surface area contributed by atoms with Crippen LogP contribution in [0.2, 0.25) is 0 Å². The molecule has 3 aromatic carbocycles. The molecule has 1 heterocycles. The van der Waals surface area contributed by atoms with E-state index in [-0.39, 0.29) is 29.6 Å². The van der Waals surface area contributed by atoms with Crippen molar-refractivity contribution in [3.63, 3.8) is 0 Å². The second kappa shape index (κ2) is 15.1. The molecule has 0 amide bonds. The highest BCUT2D eigenvalue weighted by Gasteiger charge is 2.23. The summed E-state index contributed by atoms with van der Waals surface area (Å²) in [7, 11) is 2.89. The Labute approximate surface area is 248 Å². The van der Waals surface area contributed by atoms with Gasteiger partial charge in [0.15, 0.2) is 11.5 Å². The van der Waals surface area contributed by atoms with Crippen molar-refractivity contribution in [3.8, 4) is 0 Å². The van der Waals surface area contributed by atoms with Gasteiger partial charge >= 0.3 is 0 Å². The average Bonchev–Trinajstić information content (AvgIpc) is 3.53. The van der Waals surface area contributed by atoms with Crippen molar-refractivity contribution in [2.24, 2.45) is 5.92 Å². The highest BCUT2D eigenvalue weighted by Crippen LogP contribution is 2.34. The number of rotatable bonds is 15. The highest BCUT2D eigenvalue weighted by atomic mass is 31.0. The third-order valence-corrected chi connectivity index (χ3v) is 8.85. The highest BCUT2D eigenvalue weighted by molar-refractivity contribution is 7.17. The lowest BCUT2D eigenvalue weighted by molar-refractivity contribution is 0.0921. The molecule has 0 spiro atoms. The Bertz CT molecular complexity index is 1410. The van der Waals surface area contributed by atoms with E-state index < -0.39 is 0 Å². The number of Topliss-reactive ketones (excluding diaryl/α,β-unsaturated/α-hetero) is 2. The molecule has 0 radical (unpaired) electrons. The van der Waals surface area contributed by atoms with Crippen molar-refractivity contribution < 1.29 is 14.0 Å². The maximum Gasteiger partial charge on any atom is 0.202 e. The number of ketones is 2. The van der Waals surface area contributed by atoms with Crippen molar-refractivity contribution in [2.45, 2.75) is 77.3 Å². The van der Waals surface area contributed by atoms with Crippen LogP contribution in [0.1, 0.15) is 106 Å². The molecule has 4 rings (SSSR count). The van der Waals surface area contributed by atoms with Gasteiger partial charge in [-0.05, 0) is 96.6 Å². The smallest absolute Gasteiger partial charge is 0.202 e. The van der Waals surface area contributed by atoms with Gasteiger partial charge in [-0.1, -0.05) is 87.0 Å². The van der Waals surface area contributed by atoms with Crippen LogP contribution < -0.4 is 0 Å². The van der Waals surface area contributed by atoms with Crippen LogP contribution in [0.4, 0.5) is 0 Å². The molecular formula is C37H43O3P. The van der Waals surface area contributed by atoms with Crippen molar-refractivity contribution in [1.29, 1.82) is 0 Å². The van der Waals surface area contributed by atoms with Gasteiger partial charge in [-0.2, -0.15) is 0 Å². The van der Waals surface area contributed by atoms with Crippen molar-refractivity contribution in [1.82, 2.24) is 0 Å². The van der Waals surface area contributed by atoms with Gasteiger partial charge in [0, 0.05) is 17.9 Å². The Morgan fingerprint density at radius 1 is 0.878 bits per heavy atom. The topological polar surface area (TPSA) is 47.3 Å². The van der Waals surface area contributed by atoms with E-state index in [1.807, 2.05) is 37.3 Å². The molecule has 0 bridgehead atoms. The molecule has 214 valence electrons. The fourth-order valence-corrected chi connectivity index (χ4v) is 6.48. The van der Waals surface area contributed by atoms with Gasteiger partial charge in [-0.3, -0.25) is 9.59 Å². The van der Waals surface area contributed by atoms with Crippen molar-refractivity contribution in [3.05, 3.63) is 130 Å². The summed E-state index contributed by atoms with van der Waals surface area (Å²) in [5, 5.41) is 0. The number of hydrogen-bond acceptors (Lipinski definition) is 3. The van der Waals surface area contributed by atoms with Gasteiger partial charge in [0.05, 0.1) is 6.26 Å². The van der Waals surface area contributed by atoms with Crippen LogP contribution in [-0.2, 0) is 12.8 Å². The summed E-state index contributed by atoms with van der Waals surface area (Å²) in [6, 6.07) is 28.4. The minimum Gasteiger partial charge on any atom is -0.461 e. The fourth-order valence-electron chi connectivity index (χ4n) is 5.85. The molecule has 0 aliphatic rings. The maximum absolute atomic E-state index is 13.6. The lowest BCUT2D eigenvalue weighted by atomic mass is 9.82. The zero-order valence-corrected chi connectivity index (χ0v) is 25.8. The number of hydrogen-bond donors (Lipinski definition) is 0. The van der Waals surface area contributed by atoms with Gasteiger partial charge in [-0.25, -0.2) is 0 Å². The molecule has 4 unspecified atom stereocenters. The van der Waals surface area contributed by atoms with Gasteiger partial charge in [0.1, 0.15) is 0 Å². The number of furan rings is 1. The minimum absolute atomic E-state index is 0.0573. The Kier molecular flexibility index (Phi) is 11.3.